The highest BCUT2D eigenvalue weighted by atomic mass is 15.2. The summed E-state index contributed by atoms with van der Waals surface area (Å²) >= 11 is 0. The highest BCUT2D eigenvalue weighted by Crippen LogP contribution is 1.93. The van der Waals surface area contributed by atoms with Crippen LogP contribution < -0.4 is 11.1 Å². The van der Waals surface area contributed by atoms with Crippen LogP contribution in [0.15, 0.2) is 0 Å². The Morgan fingerprint density at radius 2 is 2.25 bits per heavy atom. The summed E-state index contributed by atoms with van der Waals surface area (Å²) in [5.74, 6) is 0. The maximum Gasteiger partial charge on any atom is 0.0635 e. The summed E-state index contributed by atoms with van der Waals surface area (Å²) in [7, 11) is 4.00. The molecule has 0 fully saturated rings. The fourth-order valence-electron chi connectivity index (χ4n) is 0.995. The van der Waals surface area contributed by atoms with Crippen LogP contribution in [0, 0.1) is 11.3 Å². The van der Waals surface area contributed by atoms with Crippen LogP contribution in [0.25, 0.3) is 0 Å². The van der Waals surface area contributed by atoms with Crippen LogP contribution in [-0.4, -0.2) is 38.3 Å². The standard InChI is InChI=1S/C8H18N4/c1-12(2)8(4-6-10)11-7-3-5-9/h8,11H,3-4,6-7,10H2,1-2H3. The highest BCUT2D eigenvalue weighted by molar-refractivity contribution is 4.72. The Morgan fingerprint density at radius 1 is 1.58 bits per heavy atom. The van der Waals surface area contributed by atoms with Crippen molar-refractivity contribution in [3.63, 3.8) is 0 Å². The molecule has 0 radical (unpaired) electrons. The molecule has 4 nitrogen and oxygen atoms in total. The van der Waals surface area contributed by atoms with Gasteiger partial charge in [-0.25, -0.2) is 0 Å². The van der Waals surface area contributed by atoms with Crippen molar-refractivity contribution in [1.29, 1.82) is 5.26 Å². The van der Waals surface area contributed by atoms with E-state index in [1.807, 2.05) is 14.1 Å². The fourth-order valence-corrected chi connectivity index (χ4v) is 0.995. The van der Waals surface area contributed by atoms with Crippen LogP contribution in [0.5, 0.6) is 0 Å². The van der Waals surface area contributed by atoms with Crippen molar-refractivity contribution in [2.45, 2.75) is 19.0 Å². The van der Waals surface area contributed by atoms with Crippen molar-refractivity contribution in [2.24, 2.45) is 5.73 Å². The molecule has 0 bridgehead atoms. The van der Waals surface area contributed by atoms with Crippen LogP contribution in [0.4, 0.5) is 0 Å². The Bertz CT molecular complexity index is 138. The lowest BCUT2D eigenvalue weighted by Gasteiger charge is -2.24. The van der Waals surface area contributed by atoms with Gasteiger partial charge in [0.1, 0.15) is 0 Å². The lowest BCUT2D eigenvalue weighted by Crippen LogP contribution is -2.43. The second-order valence-electron chi connectivity index (χ2n) is 2.92. The van der Waals surface area contributed by atoms with Crippen LogP contribution in [0.1, 0.15) is 12.8 Å². The zero-order valence-corrected chi connectivity index (χ0v) is 7.88. The first kappa shape index (κ1) is 11.4. The molecule has 0 aliphatic rings. The third-order valence-electron chi connectivity index (χ3n) is 1.68. The summed E-state index contributed by atoms with van der Waals surface area (Å²) in [5, 5.41) is 11.6. The predicted octanol–water partition coefficient (Wildman–Crippen LogP) is -0.274. The van der Waals surface area contributed by atoms with Crippen LogP contribution in [0.2, 0.25) is 0 Å². The van der Waals surface area contributed by atoms with E-state index >= 15 is 0 Å². The van der Waals surface area contributed by atoms with Gasteiger partial charge in [0.15, 0.2) is 0 Å². The summed E-state index contributed by atoms with van der Waals surface area (Å²) in [6.45, 7) is 1.40. The van der Waals surface area contributed by atoms with Crippen LogP contribution >= 0.6 is 0 Å². The molecule has 0 spiro atoms. The zero-order chi connectivity index (χ0) is 9.40. The lowest BCUT2D eigenvalue weighted by molar-refractivity contribution is 0.237. The van der Waals surface area contributed by atoms with E-state index in [1.165, 1.54) is 0 Å². The minimum absolute atomic E-state index is 0.295. The summed E-state index contributed by atoms with van der Waals surface area (Å²) in [5.41, 5.74) is 5.44. The number of nitrogens with one attached hydrogen (secondary N) is 1. The molecule has 12 heavy (non-hydrogen) atoms. The molecule has 0 amide bonds. The Hall–Kier alpha value is -0.630. The molecule has 0 aliphatic carbocycles. The molecule has 0 heterocycles. The molecule has 0 saturated carbocycles. The van der Waals surface area contributed by atoms with E-state index in [4.69, 9.17) is 11.0 Å². The van der Waals surface area contributed by atoms with Gasteiger partial charge in [0.05, 0.1) is 12.2 Å². The van der Waals surface area contributed by atoms with Crippen molar-refractivity contribution < 1.29 is 0 Å². The van der Waals surface area contributed by atoms with Gasteiger partial charge >= 0.3 is 0 Å². The Kier molecular flexibility index (Phi) is 6.67. The monoisotopic (exact) mass is 170 g/mol. The van der Waals surface area contributed by atoms with Crippen molar-refractivity contribution in [3.05, 3.63) is 0 Å². The predicted molar refractivity (Wildman–Crippen MR) is 49.4 cm³/mol. The Balaban J connectivity index is 3.57. The van der Waals surface area contributed by atoms with Crippen LogP contribution in [-0.2, 0) is 0 Å². The van der Waals surface area contributed by atoms with E-state index in [9.17, 15) is 0 Å². The molecule has 1 unspecified atom stereocenters. The van der Waals surface area contributed by atoms with Gasteiger partial charge in [0.2, 0.25) is 0 Å². The summed E-state index contributed by atoms with van der Waals surface area (Å²) < 4.78 is 0. The zero-order valence-electron chi connectivity index (χ0n) is 7.88. The molecular formula is C8H18N4. The maximum atomic E-state index is 8.32. The van der Waals surface area contributed by atoms with Crippen molar-refractivity contribution in [3.8, 4) is 6.07 Å². The first-order valence-electron chi connectivity index (χ1n) is 4.19. The van der Waals surface area contributed by atoms with Crippen molar-refractivity contribution in [2.75, 3.05) is 27.2 Å². The van der Waals surface area contributed by atoms with Gasteiger partial charge in [-0.2, -0.15) is 5.26 Å². The van der Waals surface area contributed by atoms with Gasteiger partial charge in [0.25, 0.3) is 0 Å². The summed E-state index contributed by atoms with van der Waals surface area (Å²) in [4.78, 5) is 2.07. The second kappa shape index (κ2) is 7.04. The first-order valence-corrected chi connectivity index (χ1v) is 4.19. The van der Waals surface area contributed by atoms with Gasteiger partial charge in [-0.05, 0) is 27.1 Å². The largest absolute Gasteiger partial charge is 0.330 e. The molecule has 70 valence electrons. The molecule has 0 saturated heterocycles. The van der Waals surface area contributed by atoms with Gasteiger partial charge < -0.3 is 11.1 Å². The fraction of sp³-hybridized carbons (Fsp3) is 0.875. The SMILES string of the molecule is CN(C)C(CCN)NCCC#N. The third-order valence-corrected chi connectivity index (χ3v) is 1.68. The van der Waals surface area contributed by atoms with Crippen LogP contribution in [0.3, 0.4) is 0 Å². The molecule has 4 heteroatoms. The molecule has 3 N–H and O–H groups in total. The third kappa shape index (κ3) is 5.08. The quantitative estimate of drug-likeness (QED) is 0.425. The lowest BCUT2D eigenvalue weighted by atomic mass is 10.3. The number of hydrogen-bond donors (Lipinski definition) is 2. The smallest absolute Gasteiger partial charge is 0.0635 e. The molecular weight excluding hydrogens is 152 g/mol. The molecule has 0 aromatic rings. The number of nitrogens with zero attached hydrogens (tertiary/aromatic N) is 2. The second-order valence-corrected chi connectivity index (χ2v) is 2.92. The minimum Gasteiger partial charge on any atom is -0.330 e. The normalized spacial score (nSPS) is 12.9. The number of nitriles is 1. The van der Waals surface area contributed by atoms with Crippen molar-refractivity contribution in [1.82, 2.24) is 10.2 Å². The van der Waals surface area contributed by atoms with Gasteiger partial charge in [0, 0.05) is 13.0 Å². The first-order chi connectivity index (χ1) is 5.72. The van der Waals surface area contributed by atoms with Gasteiger partial charge in [-0.3, -0.25) is 4.90 Å². The highest BCUT2D eigenvalue weighted by Gasteiger charge is 2.07. The van der Waals surface area contributed by atoms with Gasteiger partial charge in [-0.1, -0.05) is 0 Å². The molecule has 0 aromatic heterocycles. The Labute approximate surface area is 74.3 Å². The molecule has 0 aromatic carbocycles. The molecule has 0 rings (SSSR count). The molecule has 0 aliphatic heterocycles. The minimum atomic E-state index is 0.295. The van der Waals surface area contributed by atoms with Crippen molar-refractivity contribution >= 4 is 0 Å². The Morgan fingerprint density at radius 3 is 2.67 bits per heavy atom. The van der Waals surface area contributed by atoms with Gasteiger partial charge in [-0.15, -0.1) is 0 Å². The summed E-state index contributed by atoms with van der Waals surface area (Å²) in [6.07, 6.45) is 1.76. The molecule has 1 atom stereocenters. The average Bonchev–Trinajstić information content (AvgIpc) is 2.03. The van der Waals surface area contributed by atoms with E-state index in [0.717, 1.165) is 13.0 Å². The maximum absolute atomic E-state index is 8.32. The average molecular weight is 170 g/mol. The number of nitrogens with two attached hydrogens (primary N) is 1. The van der Waals surface area contributed by atoms with E-state index in [2.05, 4.69) is 16.3 Å². The van der Waals surface area contributed by atoms with E-state index in [1.54, 1.807) is 0 Å². The topological polar surface area (TPSA) is 65.1 Å². The van der Waals surface area contributed by atoms with E-state index < -0.39 is 0 Å². The number of rotatable bonds is 6. The number of hydrogen-bond acceptors (Lipinski definition) is 4. The van der Waals surface area contributed by atoms with E-state index in [-0.39, 0.29) is 0 Å². The summed E-state index contributed by atoms with van der Waals surface area (Å²) in [6, 6.07) is 2.09. The van der Waals surface area contributed by atoms with E-state index in [0.29, 0.717) is 19.1 Å².